The minimum atomic E-state index is -3.65. The van der Waals surface area contributed by atoms with Gasteiger partial charge >= 0.3 is 0 Å². The van der Waals surface area contributed by atoms with Crippen LogP contribution < -0.4 is 10.0 Å². The first-order chi connectivity index (χ1) is 9.57. The smallest absolute Gasteiger partial charge is 0.241 e. The summed E-state index contributed by atoms with van der Waals surface area (Å²) in [5.41, 5.74) is -0.190. The molecule has 2 N–H and O–H groups in total. The van der Waals surface area contributed by atoms with Crippen LogP contribution in [0.15, 0.2) is 23.1 Å². The van der Waals surface area contributed by atoms with E-state index in [2.05, 4.69) is 10.0 Å². The molecule has 0 saturated heterocycles. The van der Waals surface area contributed by atoms with Gasteiger partial charge in [-0.2, -0.15) is 0 Å². The minimum absolute atomic E-state index is 0.0889. The lowest BCUT2D eigenvalue weighted by molar-refractivity contribution is 0.439. The predicted octanol–water partition coefficient (Wildman–Crippen LogP) is 2.79. The lowest BCUT2D eigenvalue weighted by Gasteiger charge is -2.24. The van der Waals surface area contributed by atoms with Crippen LogP contribution in [0.25, 0.3) is 0 Å². The molecule has 0 spiro atoms. The molecule has 120 valence electrons. The summed E-state index contributed by atoms with van der Waals surface area (Å²) in [4.78, 5) is 0.0889. The van der Waals surface area contributed by atoms with Crippen molar-refractivity contribution >= 4 is 10.0 Å². The molecule has 4 nitrogen and oxygen atoms in total. The van der Waals surface area contributed by atoms with Crippen LogP contribution in [-0.4, -0.2) is 20.0 Å². The second kappa shape index (κ2) is 6.85. The highest BCUT2D eigenvalue weighted by Crippen LogP contribution is 2.18. The van der Waals surface area contributed by atoms with E-state index in [1.807, 2.05) is 34.6 Å². The van der Waals surface area contributed by atoms with Gasteiger partial charge in [-0.3, -0.25) is 0 Å². The van der Waals surface area contributed by atoms with Gasteiger partial charge in [-0.25, -0.2) is 17.5 Å². The van der Waals surface area contributed by atoms with Crippen molar-refractivity contribution in [2.45, 2.75) is 64.1 Å². The summed E-state index contributed by atoms with van der Waals surface area (Å²) in [7, 11) is -3.65. The quantitative estimate of drug-likeness (QED) is 0.813. The Kier molecular flexibility index (Phi) is 5.90. The Morgan fingerprint density at radius 1 is 1.29 bits per heavy atom. The fourth-order valence-electron chi connectivity index (χ4n) is 1.66. The zero-order valence-corrected chi connectivity index (χ0v) is 14.1. The van der Waals surface area contributed by atoms with Crippen molar-refractivity contribution < 1.29 is 12.8 Å². The molecule has 21 heavy (non-hydrogen) atoms. The molecular weight excluding hydrogens is 291 g/mol. The molecule has 6 heteroatoms. The van der Waals surface area contributed by atoms with Crippen molar-refractivity contribution in [2.75, 3.05) is 0 Å². The van der Waals surface area contributed by atoms with Gasteiger partial charge in [0.25, 0.3) is 0 Å². The zero-order chi connectivity index (χ0) is 16.3. The molecule has 0 unspecified atom stereocenters. The van der Waals surface area contributed by atoms with Crippen molar-refractivity contribution in [3.8, 4) is 0 Å². The van der Waals surface area contributed by atoms with Gasteiger partial charge in [0.05, 0.1) is 4.90 Å². The lowest BCUT2D eigenvalue weighted by atomic mass is 10.0. The first-order valence-electron chi connectivity index (χ1n) is 7.13. The van der Waals surface area contributed by atoms with E-state index in [0.29, 0.717) is 18.5 Å². The molecule has 0 atom stereocenters. The Hall–Kier alpha value is -0.980. The van der Waals surface area contributed by atoms with Crippen molar-refractivity contribution in [3.63, 3.8) is 0 Å². The van der Waals surface area contributed by atoms with E-state index in [1.165, 1.54) is 18.2 Å². The number of halogens is 1. The van der Waals surface area contributed by atoms with Gasteiger partial charge in [0.15, 0.2) is 0 Å². The number of benzene rings is 1. The number of hydrogen-bond acceptors (Lipinski definition) is 3. The fraction of sp³-hybridized carbons (Fsp3) is 0.600. The van der Waals surface area contributed by atoms with Gasteiger partial charge in [0, 0.05) is 23.7 Å². The molecule has 0 aliphatic heterocycles. The molecular formula is C15H25FN2O2S. The molecule has 0 bridgehead atoms. The Morgan fingerprint density at radius 2 is 1.90 bits per heavy atom. The van der Waals surface area contributed by atoms with Crippen LogP contribution in [0.2, 0.25) is 0 Å². The molecule has 0 aliphatic carbocycles. The van der Waals surface area contributed by atoms with E-state index in [-0.39, 0.29) is 10.9 Å². The maximum absolute atomic E-state index is 13.8. The van der Waals surface area contributed by atoms with E-state index in [1.54, 1.807) is 0 Å². The van der Waals surface area contributed by atoms with Crippen LogP contribution in [0.3, 0.4) is 0 Å². The molecule has 0 amide bonds. The number of rotatable bonds is 7. The molecule has 0 fully saturated rings. The summed E-state index contributed by atoms with van der Waals surface area (Å²) in [5, 5.41) is 3.09. The lowest BCUT2D eigenvalue weighted by Crippen LogP contribution is -2.42. The molecule has 1 aromatic carbocycles. The van der Waals surface area contributed by atoms with Crippen LogP contribution >= 0.6 is 0 Å². The van der Waals surface area contributed by atoms with Crippen molar-refractivity contribution in [3.05, 3.63) is 29.6 Å². The van der Waals surface area contributed by atoms with Gasteiger partial charge in [0.2, 0.25) is 10.0 Å². The monoisotopic (exact) mass is 316 g/mol. The van der Waals surface area contributed by atoms with Crippen molar-refractivity contribution in [2.24, 2.45) is 0 Å². The Balaban J connectivity index is 3.05. The molecule has 0 radical (unpaired) electrons. The van der Waals surface area contributed by atoms with E-state index in [9.17, 15) is 12.8 Å². The highest BCUT2D eigenvalue weighted by Gasteiger charge is 2.25. The largest absolute Gasteiger partial charge is 0.310 e. The van der Waals surface area contributed by atoms with Crippen molar-refractivity contribution in [1.82, 2.24) is 10.0 Å². The van der Waals surface area contributed by atoms with Gasteiger partial charge < -0.3 is 5.32 Å². The fourth-order valence-corrected chi connectivity index (χ4v) is 3.20. The van der Waals surface area contributed by atoms with Crippen LogP contribution in [0, 0.1) is 5.82 Å². The van der Waals surface area contributed by atoms with Crippen LogP contribution in [-0.2, 0) is 16.6 Å². The molecule has 1 aromatic rings. The first-order valence-corrected chi connectivity index (χ1v) is 8.61. The van der Waals surface area contributed by atoms with E-state index >= 15 is 0 Å². The second-order valence-corrected chi connectivity index (χ2v) is 7.81. The average Bonchev–Trinajstić information content (AvgIpc) is 2.36. The standard InChI is InChI=1S/C15H25FN2O2S/c1-6-15(4,5)18-21(19,20)13-7-8-14(16)12(9-13)10-17-11(2)3/h7-9,11,17-18H,6,10H2,1-5H3. The third-order valence-corrected chi connectivity index (χ3v) is 5.02. The second-order valence-electron chi connectivity index (χ2n) is 6.13. The van der Waals surface area contributed by atoms with Gasteiger partial charge in [-0.15, -0.1) is 0 Å². The van der Waals surface area contributed by atoms with Gasteiger partial charge in [0.1, 0.15) is 5.82 Å². The summed E-state index contributed by atoms with van der Waals surface area (Å²) in [6.45, 7) is 9.73. The third-order valence-electron chi connectivity index (χ3n) is 3.32. The number of sulfonamides is 1. The summed E-state index contributed by atoms with van der Waals surface area (Å²) < 4.78 is 41.1. The Bertz CT molecular complexity index is 583. The maximum Gasteiger partial charge on any atom is 0.241 e. The summed E-state index contributed by atoms with van der Waals surface area (Å²) >= 11 is 0. The SMILES string of the molecule is CCC(C)(C)NS(=O)(=O)c1ccc(F)c(CNC(C)C)c1. The maximum atomic E-state index is 13.8. The van der Waals surface area contributed by atoms with Gasteiger partial charge in [-0.1, -0.05) is 20.8 Å². The normalized spacial score (nSPS) is 12.9. The van der Waals surface area contributed by atoms with E-state index in [4.69, 9.17) is 0 Å². The van der Waals surface area contributed by atoms with E-state index in [0.717, 1.165) is 0 Å². The topological polar surface area (TPSA) is 58.2 Å². The number of hydrogen-bond donors (Lipinski definition) is 2. The highest BCUT2D eigenvalue weighted by atomic mass is 32.2. The highest BCUT2D eigenvalue weighted by molar-refractivity contribution is 7.89. The minimum Gasteiger partial charge on any atom is -0.310 e. The molecule has 0 aromatic heterocycles. The van der Waals surface area contributed by atoms with Gasteiger partial charge in [-0.05, 0) is 38.5 Å². The molecule has 0 saturated carbocycles. The first kappa shape index (κ1) is 18.1. The summed E-state index contributed by atoms with van der Waals surface area (Å²) in [5.74, 6) is -0.406. The van der Waals surface area contributed by atoms with Crippen LogP contribution in [0.4, 0.5) is 4.39 Å². The van der Waals surface area contributed by atoms with Crippen LogP contribution in [0.1, 0.15) is 46.6 Å². The Labute approximate surface area is 127 Å². The Morgan fingerprint density at radius 3 is 2.43 bits per heavy atom. The van der Waals surface area contributed by atoms with Crippen molar-refractivity contribution in [1.29, 1.82) is 0 Å². The zero-order valence-electron chi connectivity index (χ0n) is 13.3. The molecule has 1 rings (SSSR count). The average molecular weight is 316 g/mol. The third kappa shape index (κ3) is 5.37. The summed E-state index contributed by atoms with van der Waals surface area (Å²) in [6.07, 6.45) is 0.662. The summed E-state index contributed by atoms with van der Waals surface area (Å²) in [6, 6.07) is 4.08. The molecule has 0 heterocycles. The van der Waals surface area contributed by atoms with Crippen LogP contribution in [0.5, 0.6) is 0 Å². The molecule has 0 aliphatic rings. The van der Waals surface area contributed by atoms with E-state index < -0.39 is 21.4 Å². The predicted molar refractivity (Wildman–Crippen MR) is 83.1 cm³/mol. The number of nitrogens with one attached hydrogen (secondary N) is 2.